The Kier molecular flexibility index (Phi) is 11.7. The van der Waals surface area contributed by atoms with E-state index in [-0.39, 0.29) is 10.8 Å². The fourth-order valence-corrected chi connectivity index (χ4v) is 14.0. The highest BCUT2D eigenvalue weighted by Crippen LogP contribution is 2.55. The smallest absolute Gasteiger partial charge is 0.0468 e. The van der Waals surface area contributed by atoms with Gasteiger partial charge in [0, 0.05) is 50.9 Å². The highest BCUT2D eigenvalue weighted by Gasteiger charge is 2.37. The first-order chi connectivity index (χ1) is 40.2. The fourth-order valence-electron chi connectivity index (χ4n) is 14.0. The van der Waals surface area contributed by atoms with E-state index >= 15 is 0 Å². The van der Waals surface area contributed by atoms with Gasteiger partial charge < -0.3 is 9.80 Å². The van der Waals surface area contributed by atoms with Crippen LogP contribution >= 0.6 is 0 Å². The summed E-state index contributed by atoms with van der Waals surface area (Å²) in [7, 11) is 0. The summed E-state index contributed by atoms with van der Waals surface area (Å²) in [5.41, 5.74) is 25.7. The quantitative estimate of drug-likeness (QED) is 0.126. The third kappa shape index (κ3) is 8.07. The number of fused-ring (bicyclic) bond motifs is 8. The molecular weight excluding hydrogens is 989 g/mol. The van der Waals surface area contributed by atoms with Gasteiger partial charge in [-0.3, -0.25) is 0 Å². The molecule has 12 aromatic carbocycles. The summed E-state index contributed by atoms with van der Waals surface area (Å²) in [5.74, 6) is 0.316. The van der Waals surface area contributed by atoms with E-state index in [1.54, 1.807) is 0 Å². The first-order valence-corrected chi connectivity index (χ1v) is 29.0. The Bertz CT molecular complexity index is 4510. The highest BCUT2D eigenvalue weighted by atomic mass is 15.1. The van der Waals surface area contributed by atoms with Crippen LogP contribution in [0, 0.1) is 0 Å². The van der Waals surface area contributed by atoms with Crippen molar-refractivity contribution in [2.75, 3.05) is 9.80 Å². The Morgan fingerprint density at radius 3 is 1.23 bits per heavy atom. The molecule has 0 N–H and O–H groups in total. The van der Waals surface area contributed by atoms with Gasteiger partial charge in [0.15, 0.2) is 0 Å². The first kappa shape index (κ1) is 49.3. The average Bonchev–Trinajstić information content (AvgIpc) is 4.14. The molecule has 0 bridgehead atoms. The predicted molar refractivity (Wildman–Crippen MR) is 347 cm³/mol. The standard InChI is InChI=1S/C80H62N2/c1-79(2)73-31-19-17-29-65(73)67-45-37-57(49-75(67)79)77-69-47-43-64(82(60-27-15-8-16-28-60)62-41-35-56(36-42-62)54-23-11-6-12-24-54)52-72(69)78(58-38-46-68-66-30-18-20-32-74(66)80(3,4)76(68)50-58)70-48-44-63(51-71(70)77)81(59-25-13-7-14-26-59)61-39-33-55(34-40-61)53-21-9-5-10-22-53/h5-35,37-52,56H,36H2,1-4H3. The molecule has 0 aliphatic heterocycles. The van der Waals surface area contributed by atoms with Gasteiger partial charge in [-0.2, -0.15) is 0 Å². The van der Waals surface area contributed by atoms with E-state index in [1.807, 2.05) is 0 Å². The van der Waals surface area contributed by atoms with Crippen molar-refractivity contribution >= 4 is 50.0 Å². The summed E-state index contributed by atoms with van der Waals surface area (Å²) in [6, 6.07) is 99.6. The van der Waals surface area contributed by atoms with Gasteiger partial charge in [-0.05, 0) is 190 Å². The zero-order valence-electron chi connectivity index (χ0n) is 46.8. The molecule has 82 heavy (non-hydrogen) atoms. The molecule has 0 amide bonds. The Balaban J connectivity index is 1.01. The van der Waals surface area contributed by atoms with Crippen LogP contribution in [0.3, 0.4) is 0 Å². The number of benzene rings is 12. The number of anilines is 5. The van der Waals surface area contributed by atoms with Gasteiger partial charge in [-0.25, -0.2) is 0 Å². The van der Waals surface area contributed by atoms with Crippen molar-refractivity contribution in [1.29, 1.82) is 0 Å². The zero-order chi connectivity index (χ0) is 55.1. The highest BCUT2D eigenvalue weighted by molar-refractivity contribution is 6.23. The van der Waals surface area contributed by atoms with Gasteiger partial charge in [0.25, 0.3) is 0 Å². The second-order valence-electron chi connectivity index (χ2n) is 23.6. The summed E-state index contributed by atoms with van der Waals surface area (Å²) >= 11 is 0. The molecule has 0 saturated heterocycles. The largest absolute Gasteiger partial charge is 0.311 e. The molecule has 2 nitrogen and oxygen atoms in total. The number of allylic oxidation sites excluding steroid dienone is 3. The molecule has 15 rings (SSSR count). The van der Waals surface area contributed by atoms with Crippen LogP contribution in [0.15, 0.2) is 291 Å². The van der Waals surface area contributed by atoms with Gasteiger partial charge >= 0.3 is 0 Å². The van der Waals surface area contributed by atoms with Crippen LogP contribution in [0.25, 0.3) is 77.2 Å². The zero-order valence-corrected chi connectivity index (χ0v) is 46.8. The van der Waals surface area contributed by atoms with E-state index in [2.05, 4.69) is 323 Å². The van der Waals surface area contributed by atoms with Crippen molar-refractivity contribution in [3.8, 4) is 55.6 Å². The maximum absolute atomic E-state index is 2.52. The monoisotopic (exact) mass is 1050 g/mol. The minimum Gasteiger partial charge on any atom is -0.311 e. The van der Waals surface area contributed by atoms with Gasteiger partial charge in [-0.15, -0.1) is 0 Å². The molecule has 1 atom stereocenters. The second kappa shape index (κ2) is 19.5. The third-order valence-electron chi connectivity index (χ3n) is 18.2. The lowest BCUT2D eigenvalue weighted by molar-refractivity contribution is 0.660. The lowest BCUT2D eigenvalue weighted by Crippen LogP contribution is -2.17. The maximum atomic E-state index is 2.52. The first-order valence-electron chi connectivity index (χ1n) is 29.0. The molecule has 0 aromatic heterocycles. The van der Waals surface area contributed by atoms with Crippen LogP contribution in [0.2, 0.25) is 0 Å². The van der Waals surface area contributed by atoms with Crippen LogP contribution in [0.1, 0.15) is 67.9 Å². The minimum absolute atomic E-state index is 0.186. The predicted octanol–water partition coefficient (Wildman–Crippen LogP) is 21.8. The topological polar surface area (TPSA) is 6.48 Å². The van der Waals surface area contributed by atoms with Crippen molar-refractivity contribution in [2.45, 2.75) is 50.9 Å². The Hall–Kier alpha value is -9.76. The molecule has 3 aliphatic carbocycles. The normalized spacial score (nSPS) is 15.1. The minimum atomic E-state index is -0.187. The van der Waals surface area contributed by atoms with Crippen molar-refractivity contribution in [3.63, 3.8) is 0 Å². The molecule has 12 aromatic rings. The average molecular weight is 1050 g/mol. The van der Waals surface area contributed by atoms with Crippen molar-refractivity contribution in [1.82, 2.24) is 0 Å². The summed E-state index contributed by atoms with van der Waals surface area (Å²) in [5, 5.41) is 4.84. The Morgan fingerprint density at radius 2 is 0.720 bits per heavy atom. The van der Waals surface area contributed by atoms with E-state index in [9.17, 15) is 0 Å². The summed E-state index contributed by atoms with van der Waals surface area (Å²) in [4.78, 5) is 4.89. The van der Waals surface area contributed by atoms with E-state index in [4.69, 9.17) is 0 Å². The molecule has 3 aliphatic rings. The second-order valence-corrected chi connectivity index (χ2v) is 23.6. The molecule has 1 unspecified atom stereocenters. The van der Waals surface area contributed by atoms with Crippen LogP contribution < -0.4 is 9.80 Å². The molecule has 0 saturated carbocycles. The summed E-state index contributed by atoms with van der Waals surface area (Å²) < 4.78 is 0. The van der Waals surface area contributed by atoms with E-state index in [0.717, 1.165) is 34.9 Å². The number of hydrogen-bond donors (Lipinski definition) is 0. The number of nitrogens with zero attached hydrogens (tertiary/aromatic N) is 2. The van der Waals surface area contributed by atoms with Crippen molar-refractivity contribution < 1.29 is 0 Å². The van der Waals surface area contributed by atoms with Gasteiger partial charge in [0.05, 0.1) is 0 Å². The molecule has 0 heterocycles. The van der Waals surface area contributed by atoms with Gasteiger partial charge in [0.2, 0.25) is 0 Å². The van der Waals surface area contributed by atoms with Gasteiger partial charge in [-0.1, -0.05) is 234 Å². The van der Waals surface area contributed by atoms with E-state index in [0.29, 0.717) is 5.92 Å². The van der Waals surface area contributed by atoms with Crippen molar-refractivity contribution in [2.24, 2.45) is 0 Å². The summed E-state index contributed by atoms with van der Waals surface area (Å²) in [6.45, 7) is 9.59. The molecule has 0 spiro atoms. The molecule has 2 heteroatoms. The number of para-hydroxylation sites is 2. The van der Waals surface area contributed by atoms with Crippen molar-refractivity contribution in [3.05, 3.63) is 319 Å². The van der Waals surface area contributed by atoms with Crippen LogP contribution in [0.5, 0.6) is 0 Å². The fraction of sp³-hybridized carbons (Fsp3) is 0.100. The number of hydrogen-bond acceptors (Lipinski definition) is 2. The van der Waals surface area contributed by atoms with Crippen LogP contribution in [-0.4, -0.2) is 0 Å². The maximum Gasteiger partial charge on any atom is 0.0468 e. The summed E-state index contributed by atoms with van der Waals surface area (Å²) in [6.07, 6.45) is 8.08. The van der Waals surface area contributed by atoms with Crippen LogP contribution in [-0.2, 0) is 10.8 Å². The van der Waals surface area contributed by atoms with Gasteiger partial charge in [0.1, 0.15) is 0 Å². The molecule has 392 valence electrons. The van der Waals surface area contributed by atoms with Crippen LogP contribution in [0.4, 0.5) is 28.4 Å². The lowest BCUT2D eigenvalue weighted by atomic mass is 9.79. The molecule has 0 radical (unpaired) electrons. The Morgan fingerprint density at radius 1 is 0.317 bits per heavy atom. The van der Waals surface area contributed by atoms with E-state index in [1.165, 1.54) is 111 Å². The SMILES string of the molecule is CC1(C)c2ccccc2-c2ccc(-c3c4ccc(N(c5ccccc5)c5ccc(-c6ccccc6)cc5)cc4c(-c4ccc5c(c4)C(C)(C)c4ccccc4-5)c4ccc(N(C5=CCC(c6ccccc6)C=C5)c5ccccc5)cc34)cc21. The molecule has 0 fully saturated rings. The lowest BCUT2D eigenvalue weighted by Gasteiger charge is -2.30. The number of rotatable bonds is 10. The third-order valence-corrected chi connectivity index (χ3v) is 18.2. The molecular formula is C80H62N2. The van der Waals surface area contributed by atoms with E-state index < -0.39 is 0 Å². The Labute approximate surface area is 482 Å².